The monoisotopic (exact) mass is 383 g/mol. The third-order valence-electron chi connectivity index (χ3n) is 3.96. The van der Waals surface area contributed by atoms with Crippen molar-refractivity contribution in [3.63, 3.8) is 0 Å². The normalized spacial score (nSPS) is 16.7. The Morgan fingerprint density at radius 2 is 1.88 bits per heavy atom. The Bertz CT molecular complexity index is 889. The molecule has 1 unspecified atom stereocenters. The molecule has 26 heavy (non-hydrogen) atoms. The van der Waals surface area contributed by atoms with Crippen molar-refractivity contribution in [2.24, 2.45) is 0 Å². The number of benzene rings is 2. The van der Waals surface area contributed by atoms with Crippen molar-refractivity contribution in [1.29, 1.82) is 0 Å². The van der Waals surface area contributed by atoms with Gasteiger partial charge in [0.25, 0.3) is 0 Å². The summed E-state index contributed by atoms with van der Waals surface area (Å²) in [4.78, 5) is -0.678. The average molecular weight is 383 g/mol. The molecule has 0 fully saturated rings. The number of halogens is 2. The predicted molar refractivity (Wildman–Crippen MR) is 91.8 cm³/mol. The fourth-order valence-corrected chi connectivity index (χ4v) is 4.39. The number of sulfonamides is 1. The van der Waals surface area contributed by atoms with E-state index in [-0.39, 0.29) is 19.7 Å². The van der Waals surface area contributed by atoms with Crippen LogP contribution in [0.2, 0.25) is 0 Å². The Morgan fingerprint density at radius 1 is 1.15 bits per heavy atom. The SMILES string of the molecule is CCCN(CC1COc2ccccc2O1)S(=O)(=O)c1cc(F)ccc1F. The Kier molecular flexibility index (Phi) is 5.43. The first-order valence-electron chi connectivity index (χ1n) is 8.25. The second kappa shape index (κ2) is 7.59. The Morgan fingerprint density at radius 3 is 2.62 bits per heavy atom. The van der Waals surface area contributed by atoms with Crippen LogP contribution >= 0.6 is 0 Å². The Labute approximate surface area is 151 Å². The molecule has 1 heterocycles. The molecule has 1 atom stereocenters. The van der Waals surface area contributed by atoms with E-state index in [2.05, 4.69) is 0 Å². The summed E-state index contributed by atoms with van der Waals surface area (Å²) in [6.07, 6.45) is -0.0387. The molecule has 0 radical (unpaired) electrons. The van der Waals surface area contributed by atoms with Crippen molar-refractivity contribution < 1.29 is 26.7 Å². The molecule has 5 nitrogen and oxygen atoms in total. The van der Waals surface area contributed by atoms with Gasteiger partial charge >= 0.3 is 0 Å². The molecular formula is C18H19F2NO4S. The minimum atomic E-state index is -4.21. The van der Waals surface area contributed by atoms with E-state index in [1.165, 1.54) is 0 Å². The van der Waals surface area contributed by atoms with Crippen LogP contribution < -0.4 is 9.47 Å². The molecule has 0 bridgehead atoms. The highest BCUT2D eigenvalue weighted by Gasteiger charge is 2.32. The summed E-state index contributed by atoms with van der Waals surface area (Å²) < 4.78 is 65.6. The maximum Gasteiger partial charge on any atom is 0.246 e. The highest BCUT2D eigenvalue weighted by molar-refractivity contribution is 7.89. The Balaban J connectivity index is 1.84. The third-order valence-corrected chi connectivity index (χ3v) is 5.84. The van der Waals surface area contributed by atoms with Crippen LogP contribution in [0.25, 0.3) is 0 Å². The maximum atomic E-state index is 14.0. The second-order valence-corrected chi connectivity index (χ2v) is 7.84. The zero-order valence-corrected chi connectivity index (χ0v) is 15.0. The molecule has 1 aliphatic heterocycles. The summed E-state index contributed by atoms with van der Waals surface area (Å²) in [7, 11) is -4.21. The number of nitrogens with zero attached hydrogens (tertiary/aromatic N) is 1. The van der Waals surface area contributed by atoms with Crippen LogP contribution in [0.15, 0.2) is 47.4 Å². The number of fused-ring (bicyclic) bond motifs is 1. The van der Waals surface area contributed by atoms with Crippen LogP contribution in [0.5, 0.6) is 11.5 Å². The minimum Gasteiger partial charge on any atom is -0.486 e. The summed E-state index contributed by atoms with van der Waals surface area (Å²) >= 11 is 0. The molecule has 0 N–H and O–H groups in total. The van der Waals surface area contributed by atoms with Crippen LogP contribution in [0, 0.1) is 11.6 Å². The molecule has 0 saturated heterocycles. The van der Waals surface area contributed by atoms with Gasteiger partial charge in [-0.25, -0.2) is 17.2 Å². The van der Waals surface area contributed by atoms with Crippen LogP contribution in [0.4, 0.5) is 8.78 Å². The number of hydrogen-bond acceptors (Lipinski definition) is 4. The van der Waals surface area contributed by atoms with Crippen molar-refractivity contribution in [3.8, 4) is 11.5 Å². The molecule has 0 aromatic heterocycles. The van der Waals surface area contributed by atoms with Gasteiger partial charge in [-0.1, -0.05) is 19.1 Å². The molecule has 3 rings (SSSR count). The minimum absolute atomic E-state index is 0.0273. The zero-order chi connectivity index (χ0) is 18.7. The van der Waals surface area contributed by atoms with Gasteiger partial charge in [0.1, 0.15) is 29.2 Å². The molecule has 8 heteroatoms. The molecular weight excluding hydrogens is 364 g/mol. The maximum absolute atomic E-state index is 14.0. The fourth-order valence-electron chi connectivity index (χ4n) is 2.75. The first-order chi connectivity index (χ1) is 12.4. The molecule has 140 valence electrons. The summed E-state index contributed by atoms with van der Waals surface area (Å²) in [6, 6.07) is 9.47. The van der Waals surface area contributed by atoms with Gasteiger partial charge < -0.3 is 9.47 Å². The molecule has 0 amide bonds. The largest absolute Gasteiger partial charge is 0.486 e. The van der Waals surface area contributed by atoms with Gasteiger partial charge in [0.2, 0.25) is 10.0 Å². The van der Waals surface area contributed by atoms with E-state index in [0.29, 0.717) is 24.0 Å². The van der Waals surface area contributed by atoms with Crippen molar-refractivity contribution in [3.05, 3.63) is 54.1 Å². The topological polar surface area (TPSA) is 55.8 Å². The molecule has 1 aliphatic rings. The van der Waals surface area contributed by atoms with Gasteiger partial charge in [0, 0.05) is 6.54 Å². The lowest BCUT2D eigenvalue weighted by molar-refractivity contribution is 0.0763. The van der Waals surface area contributed by atoms with Crippen molar-refractivity contribution in [2.45, 2.75) is 24.3 Å². The van der Waals surface area contributed by atoms with Crippen LogP contribution in [-0.4, -0.2) is 38.5 Å². The number of rotatable bonds is 6. The smallest absolute Gasteiger partial charge is 0.246 e. The quantitative estimate of drug-likeness (QED) is 0.769. The first kappa shape index (κ1) is 18.6. The second-order valence-electron chi connectivity index (χ2n) is 5.94. The molecule has 2 aromatic rings. The van der Waals surface area contributed by atoms with E-state index < -0.39 is 32.7 Å². The molecule has 2 aromatic carbocycles. The van der Waals surface area contributed by atoms with Gasteiger partial charge in [-0.2, -0.15) is 4.31 Å². The van der Waals surface area contributed by atoms with Gasteiger partial charge in [-0.05, 0) is 36.8 Å². The summed E-state index contributed by atoms with van der Waals surface area (Å²) in [5, 5.41) is 0. The summed E-state index contributed by atoms with van der Waals surface area (Å²) in [5.41, 5.74) is 0. The highest BCUT2D eigenvalue weighted by Crippen LogP contribution is 2.31. The molecule has 0 spiro atoms. The van der Waals surface area contributed by atoms with Crippen molar-refractivity contribution in [2.75, 3.05) is 19.7 Å². The van der Waals surface area contributed by atoms with E-state index in [1.807, 2.05) is 6.07 Å². The average Bonchev–Trinajstić information content (AvgIpc) is 2.63. The zero-order valence-electron chi connectivity index (χ0n) is 14.2. The van der Waals surface area contributed by atoms with Gasteiger partial charge in [-0.3, -0.25) is 0 Å². The molecule has 0 saturated carbocycles. The predicted octanol–water partition coefficient (Wildman–Crippen LogP) is 3.21. The van der Waals surface area contributed by atoms with Crippen molar-refractivity contribution >= 4 is 10.0 Å². The third kappa shape index (κ3) is 3.81. The number of ether oxygens (including phenoxy) is 2. The lowest BCUT2D eigenvalue weighted by Crippen LogP contribution is -2.44. The summed E-state index contributed by atoms with van der Waals surface area (Å²) in [6.45, 7) is 2.09. The summed E-state index contributed by atoms with van der Waals surface area (Å²) in [5.74, 6) is -0.689. The standard InChI is InChI=1S/C18H19F2NO4S/c1-2-9-21(26(22,23)18-10-13(19)7-8-15(18)20)11-14-12-24-16-5-3-4-6-17(16)25-14/h3-8,10,14H,2,9,11-12H2,1H3. The van der Waals surface area contributed by atoms with Gasteiger partial charge in [0.15, 0.2) is 11.5 Å². The van der Waals surface area contributed by atoms with Crippen LogP contribution in [-0.2, 0) is 10.0 Å². The van der Waals surface area contributed by atoms with E-state index in [0.717, 1.165) is 16.4 Å². The lowest BCUT2D eigenvalue weighted by Gasteiger charge is -2.30. The first-order valence-corrected chi connectivity index (χ1v) is 9.69. The van der Waals surface area contributed by atoms with Crippen LogP contribution in [0.3, 0.4) is 0 Å². The van der Waals surface area contributed by atoms with Gasteiger partial charge in [-0.15, -0.1) is 0 Å². The van der Waals surface area contributed by atoms with Crippen molar-refractivity contribution in [1.82, 2.24) is 4.31 Å². The fraction of sp³-hybridized carbons (Fsp3) is 0.333. The lowest BCUT2D eigenvalue weighted by atomic mass is 10.2. The number of hydrogen-bond donors (Lipinski definition) is 0. The van der Waals surface area contributed by atoms with Gasteiger partial charge in [0.05, 0.1) is 6.54 Å². The van der Waals surface area contributed by atoms with Crippen LogP contribution in [0.1, 0.15) is 13.3 Å². The number of para-hydroxylation sites is 2. The highest BCUT2D eigenvalue weighted by atomic mass is 32.2. The van der Waals surface area contributed by atoms with E-state index in [4.69, 9.17) is 9.47 Å². The van der Waals surface area contributed by atoms with E-state index in [9.17, 15) is 17.2 Å². The Hall–Kier alpha value is -2.19. The van der Waals surface area contributed by atoms with E-state index in [1.54, 1.807) is 25.1 Å². The van der Waals surface area contributed by atoms with E-state index >= 15 is 0 Å². The molecule has 0 aliphatic carbocycles.